The van der Waals surface area contributed by atoms with Crippen LogP contribution in [0.15, 0.2) is 24.3 Å². The number of benzene rings is 1. The molecule has 0 atom stereocenters. The third-order valence-electron chi connectivity index (χ3n) is 2.44. The molecule has 0 fully saturated rings. The largest absolute Gasteiger partial charge is 0.370 e. The predicted molar refractivity (Wildman–Crippen MR) is 61.3 cm³/mol. The summed E-state index contributed by atoms with van der Waals surface area (Å²) in [6, 6.07) is 8.26. The van der Waals surface area contributed by atoms with Gasteiger partial charge in [-0.05, 0) is 25.1 Å². The molecule has 0 aliphatic heterocycles. The molecule has 0 saturated carbocycles. The molecule has 0 aliphatic carbocycles. The zero-order chi connectivity index (χ0) is 11.3. The minimum Gasteiger partial charge on any atom is -0.370 e. The number of hydrogen-bond donors (Lipinski definition) is 1. The van der Waals surface area contributed by atoms with E-state index < -0.39 is 0 Å². The van der Waals surface area contributed by atoms with Gasteiger partial charge in [0.2, 0.25) is 5.91 Å². The molecule has 0 aliphatic rings. The standard InChI is InChI=1S/C12H18N2O/c1-10-5-3-4-6-11(10)9-14(2)8-7-12(13)15/h3-6H,7-9H2,1-2H3,(H2,13,15). The molecular weight excluding hydrogens is 188 g/mol. The van der Waals surface area contributed by atoms with Gasteiger partial charge in [0.1, 0.15) is 0 Å². The van der Waals surface area contributed by atoms with Gasteiger partial charge in [0.05, 0.1) is 0 Å². The van der Waals surface area contributed by atoms with Crippen LogP contribution >= 0.6 is 0 Å². The number of aryl methyl sites for hydroxylation is 1. The Balaban J connectivity index is 2.47. The van der Waals surface area contributed by atoms with Gasteiger partial charge in [0.15, 0.2) is 0 Å². The highest BCUT2D eigenvalue weighted by Gasteiger charge is 2.03. The van der Waals surface area contributed by atoms with Crippen LogP contribution in [0.3, 0.4) is 0 Å². The van der Waals surface area contributed by atoms with Crippen molar-refractivity contribution in [3.63, 3.8) is 0 Å². The van der Waals surface area contributed by atoms with Crippen LogP contribution < -0.4 is 5.73 Å². The van der Waals surface area contributed by atoms with E-state index in [0.29, 0.717) is 13.0 Å². The summed E-state index contributed by atoms with van der Waals surface area (Å²) in [5, 5.41) is 0. The van der Waals surface area contributed by atoms with Crippen LogP contribution in [0.2, 0.25) is 0 Å². The summed E-state index contributed by atoms with van der Waals surface area (Å²) >= 11 is 0. The average Bonchev–Trinajstić information content (AvgIpc) is 2.18. The van der Waals surface area contributed by atoms with Gasteiger partial charge >= 0.3 is 0 Å². The third-order valence-corrected chi connectivity index (χ3v) is 2.44. The lowest BCUT2D eigenvalue weighted by atomic mass is 10.1. The van der Waals surface area contributed by atoms with E-state index in [9.17, 15) is 4.79 Å². The van der Waals surface area contributed by atoms with E-state index in [2.05, 4.69) is 24.0 Å². The fourth-order valence-electron chi connectivity index (χ4n) is 1.46. The molecular formula is C12H18N2O. The van der Waals surface area contributed by atoms with Crippen LogP contribution in [0.5, 0.6) is 0 Å². The zero-order valence-corrected chi connectivity index (χ0v) is 9.36. The second-order valence-corrected chi connectivity index (χ2v) is 3.88. The van der Waals surface area contributed by atoms with Gasteiger partial charge in [-0.2, -0.15) is 0 Å². The van der Waals surface area contributed by atoms with Gasteiger partial charge in [-0.1, -0.05) is 24.3 Å². The predicted octanol–water partition coefficient (Wildman–Crippen LogP) is 1.30. The molecule has 1 aromatic rings. The first-order valence-electron chi connectivity index (χ1n) is 5.11. The van der Waals surface area contributed by atoms with Crippen molar-refractivity contribution in [2.75, 3.05) is 13.6 Å². The summed E-state index contributed by atoms with van der Waals surface area (Å²) in [5.41, 5.74) is 7.68. The van der Waals surface area contributed by atoms with Crippen molar-refractivity contribution in [1.29, 1.82) is 0 Å². The average molecular weight is 206 g/mol. The highest BCUT2D eigenvalue weighted by Crippen LogP contribution is 2.09. The molecule has 15 heavy (non-hydrogen) atoms. The summed E-state index contributed by atoms with van der Waals surface area (Å²) in [6.45, 7) is 3.67. The van der Waals surface area contributed by atoms with Crippen LogP contribution in [0.25, 0.3) is 0 Å². The maximum atomic E-state index is 10.6. The van der Waals surface area contributed by atoms with Gasteiger partial charge in [-0.3, -0.25) is 4.79 Å². The van der Waals surface area contributed by atoms with E-state index >= 15 is 0 Å². The molecule has 0 aromatic heterocycles. The van der Waals surface area contributed by atoms with Crippen LogP contribution in [0.4, 0.5) is 0 Å². The van der Waals surface area contributed by atoms with Crippen LogP contribution in [-0.4, -0.2) is 24.4 Å². The van der Waals surface area contributed by atoms with Crippen LogP contribution in [-0.2, 0) is 11.3 Å². The van der Waals surface area contributed by atoms with Crippen molar-refractivity contribution in [3.05, 3.63) is 35.4 Å². The van der Waals surface area contributed by atoms with Gasteiger partial charge in [0, 0.05) is 19.5 Å². The minimum atomic E-state index is -0.244. The molecule has 0 bridgehead atoms. The summed E-state index contributed by atoms with van der Waals surface area (Å²) in [4.78, 5) is 12.7. The van der Waals surface area contributed by atoms with Crippen LogP contribution in [0.1, 0.15) is 17.5 Å². The molecule has 0 heterocycles. The van der Waals surface area contributed by atoms with Crippen molar-refractivity contribution in [3.8, 4) is 0 Å². The molecule has 0 unspecified atom stereocenters. The Hall–Kier alpha value is -1.35. The first kappa shape index (κ1) is 11.7. The van der Waals surface area contributed by atoms with E-state index in [-0.39, 0.29) is 5.91 Å². The maximum absolute atomic E-state index is 10.6. The molecule has 1 rings (SSSR count). The maximum Gasteiger partial charge on any atom is 0.218 e. The first-order chi connectivity index (χ1) is 7.09. The highest BCUT2D eigenvalue weighted by atomic mass is 16.1. The summed E-state index contributed by atoms with van der Waals surface area (Å²) in [6.07, 6.45) is 0.419. The fourth-order valence-corrected chi connectivity index (χ4v) is 1.46. The lowest BCUT2D eigenvalue weighted by Crippen LogP contribution is -2.24. The lowest BCUT2D eigenvalue weighted by molar-refractivity contribution is -0.118. The van der Waals surface area contributed by atoms with Gasteiger partial charge in [0.25, 0.3) is 0 Å². The Morgan fingerprint density at radius 2 is 2.07 bits per heavy atom. The molecule has 82 valence electrons. The number of carbonyl (C=O) groups is 1. The van der Waals surface area contributed by atoms with E-state index in [0.717, 1.165) is 6.54 Å². The smallest absolute Gasteiger partial charge is 0.218 e. The minimum absolute atomic E-state index is 0.244. The van der Waals surface area contributed by atoms with E-state index in [1.54, 1.807) is 0 Å². The molecule has 2 N–H and O–H groups in total. The molecule has 1 amide bonds. The monoisotopic (exact) mass is 206 g/mol. The quantitative estimate of drug-likeness (QED) is 0.789. The number of nitrogens with zero attached hydrogens (tertiary/aromatic N) is 1. The van der Waals surface area contributed by atoms with Gasteiger partial charge in [-0.25, -0.2) is 0 Å². The Morgan fingerprint density at radius 3 is 2.67 bits per heavy atom. The zero-order valence-electron chi connectivity index (χ0n) is 9.36. The van der Waals surface area contributed by atoms with Crippen molar-refractivity contribution >= 4 is 5.91 Å². The number of rotatable bonds is 5. The normalized spacial score (nSPS) is 10.6. The summed E-state index contributed by atoms with van der Waals surface area (Å²) in [7, 11) is 2.00. The SMILES string of the molecule is Cc1ccccc1CN(C)CCC(N)=O. The number of primary amides is 1. The number of amides is 1. The van der Waals surface area contributed by atoms with Crippen LogP contribution in [0, 0.1) is 6.92 Å². The number of carbonyl (C=O) groups excluding carboxylic acids is 1. The fraction of sp³-hybridized carbons (Fsp3) is 0.417. The van der Waals surface area contributed by atoms with E-state index in [1.807, 2.05) is 19.2 Å². The third kappa shape index (κ3) is 4.13. The van der Waals surface area contributed by atoms with E-state index in [4.69, 9.17) is 5.73 Å². The van der Waals surface area contributed by atoms with Gasteiger partial charge < -0.3 is 10.6 Å². The topological polar surface area (TPSA) is 46.3 Å². The molecule has 3 heteroatoms. The molecule has 0 spiro atoms. The van der Waals surface area contributed by atoms with Gasteiger partial charge in [-0.15, -0.1) is 0 Å². The Bertz CT molecular complexity index is 336. The second kappa shape index (κ2) is 5.51. The Labute approximate surface area is 90.9 Å². The summed E-state index contributed by atoms with van der Waals surface area (Å²) < 4.78 is 0. The summed E-state index contributed by atoms with van der Waals surface area (Å²) in [5.74, 6) is -0.244. The Morgan fingerprint density at radius 1 is 1.40 bits per heavy atom. The van der Waals surface area contributed by atoms with Crippen molar-refractivity contribution in [1.82, 2.24) is 4.90 Å². The van der Waals surface area contributed by atoms with Crippen molar-refractivity contribution in [2.45, 2.75) is 19.9 Å². The molecule has 1 aromatic carbocycles. The molecule has 0 radical (unpaired) electrons. The Kier molecular flexibility index (Phi) is 4.31. The lowest BCUT2D eigenvalue weighted by Gasteiger charge is -2.16. The van der Waals surface area contributed by atoms with Crippen molar-refractivity contribution < 1.29 is 4.79 Å². The number of hydrogen-bond acceptors (Lipinski definition) is 2. The highest BCUT2D eigenvalue weighted by molar-refractivity contribution is 5.73. The van der Waals surface area contributed by atoms with E-state index in [1.165, 1.54) is 11.1 Å². The van der Waals surface area contributed by atoms with Crippen molar-refractivity contribution in [2.24, 2.45) is 5.73 Å². The molecule has 3 nitrogen and oxygen atoms in total. The second-order valence-electron chi connectivity index (χ2n) is 3.88. The molecule has 0 saturated heterocycles. The first-order valence-corrected chi connectivity index (χ1v) is 5.11. The number of nitrogens with two attached hydrogens (primary N) is 1.